The van der Waals surface area contributed by atoms with Crippen molar-refractivity contribution in [1.29, 1.82) is 0 Å². The second-order valence-electron chi connectivity index (χ2n) is 7.93. The number of amides is 3. The number of hydrogen-bond acceptors (Lipinski definition) is 2. The van der Waals surface area contributed by atoms with Crippen LogP contribution in [0.5, 0.6) is 0 Å². The maximum atomic E-state index is 13.5. The van der Waals surface area contributed by atoms with E-state index in [-0.39, 0.29) is 29.7 Å². The van der Waals surface area contributed by atoms with Crippen LogP contribution in [0.1, 0.15) is 54.1 Å². The van der Waals surface area contributed by atoms with Gasteiger partial charge in [0, 0.05) is 36.3 Å². The first-order valence-electron chi connectivity index (χ1n) is 10.1. The van der Waals surface area contributed by atoms with Crippen molar-refractivity contribution in [3.63, 3.8) is 0 Å². The molecule has 1 heterocycles. The van der Waals surface area contributed by atoms with Gasteiger partial charge >= 0.3 is 6.03 Å². The zero-order chi connectivity index (χ0) is 21.0. The number of anilines is 1. The molecule has 0 aliphatic carbocycles. The number of nitrogens with zero attached hydrogens (tertiary/aromatic N) is 1. The molecule has 0 bridgehead atoms. The molecule has 0 saturated carbocycles. The summed E-state index contributed by atoms with van der Waals surface area (Å²) in [6, 6.07) is 11.9. The van der Waals surface area contributed by atoms with Gasteiger partial charge in [-0.1, -0.05) is 18.2 Å². The van der Waals surface area contributed by atoms with Gasteiger partial charge in [0.25, 0.3) is 5.91 Å². The third kappa shape index (κ3) is 5.34. The molecular weight excluding hydrogens is 369 g/mol. The minimum absolute atomic E-state index is 0.0415. The Balaban J connectivity index is 1.72. The molecule has 1 atom stereocenters. The molecule has 3 rings (SSSR count). The van der Waals surface area contributed by atoms with Gasteiger partial charge in [-0.15, -0.1) is 0 Å². The molecule has 2 aromatic carbocycles. The van der Waals surface area contributed by atoms with Crippen LogP contribution < -0.4 is 10.6 Å². The summed E-state index contributed by atoms with van der Waals surface area (Å²) < 4.78 is 13.5. The zero-order valence-electron chi connectivity index (χ0n) is 17.2. The van der Waals surface area contributed by atoms with Crippen molar-refractivity contribution in [3.8, 4) is 0 Å². The summed E-state index contributed by atoms with van der Waals surface area (Å²) in [5.41, 5.74) is 2.83. The van der Waals surface area contributed by atoms with Crippen LogP contribution in [-0.4, -0.2) is 36.0 Å². The molecule has 0 aromatic heterocycles. The summed E-state index contributed by atoms with van der Waals surface area (Å²) in [4.78, 5) is 26.9. The van der Waals surface area contributed by atoms with Crippen LogP contribution in [0, 0.1) is 12.7 Å². The molecule has 1 saturated heterocycles. The Morgan fingerprint density at radius 2 is 1.97 bits per heavy atom. The second kappa shape index (κ2) is 9.07. The number of hydrogen-bond donors (Lipinski definition) is 2. The number of piperidine rings is 1. The minimum atomic E-state index is -0.387. The Morgan fingerprint density at radius 3 is 2.72 bits per heavy atom. The van der Waals surface area contributed by atoms with Crippen LogP contribution in [0.15, 0.2) is 42.5 Å². The lowest BCUT2D eigenvalue weighted by Gasteiger charge is -2.33. The van der Waals surface area contributed by atoms with Crippen LogP contribution in [0.4, 0.5) is 14.9 Å². The van der Waals surface area contributed by atoms with Gasteiger partial charge in [-0.05, 0) is 69.0 Å². The first kappa shape index (κ1) is 20.8. The monoisotopic (exact) mass is 397 g/mol. The molecule has 1 fully saturated rings. The lowest BCUT2D eigenvalue weighted by Crippen LogP contribution is -2.47. The first-order chi connectivity index (χ1) is 13.8. The maximum Gasteiger partial charge on any atom is 0.317 e. The van der Waals surface area contributed by atoms with Crippen molar-refractivity contribution >= 4 is 17.6 Å². The average molecular weight is 397 g/mol. The van der Waals surface area contributed by atoms with Crippen molar-refractivity contribution in [2.75, 3.05) is 18.4 Å². The summed E-state index contributed by atoms with van der Waals surface area (Å²) >= 11 is 0. The smallest absolute Gasteiger partial charge is 0.317 e. The minimum Gasteiger partial charge on any atom is -0.336 e. The molecule has 2 aromatic rings. The fourth-order valence-corrected chi connectivity index (χ4v) is 3.63. The second-order valence-corrected chi connectivity index (χ2v) is 7.93. The Bertz CT molecular complexity index is 897. The van der Waals surface area contributed by atoms with E-state index in [0.29, 0.717) is 17.8 Å². The maximum absolute atomic E-state index is 13.5. The molecule has 3 amide bonds. The number of benzene rings is 2. The summed E-state index contributed by atoms with van der Waals surface area (Å²) in [7, 11) is 0. The predicted octanol–water partition coefficient (Wildman–Crippen LogP) is 4.68. The Hall–Kier alpha value is -2.89. The SMILES string of the molecule is Cc1ccc(F)cc1NC(=O)c1cccc([C@H]2CCCN(C(=O)NC(C)C)C2)c1. The molecule has 1 aliphatic rings. The van der Waals surface area contributed by atoms with E-state index >= 15 is 0 Å². The number of rotatable bonds is 4. The first-order valence-corrected chi connectivity index (χ1v) is 10.1. The standard InChI is InChI=1S/C23H28FN3O2/c1-15(2)25-23(29)27-11-5-8-19(14-27)17-6-4-7-18(12-17)22(28)26-21-13-20(24)10-9-16(21)3/h4,6-7,9-10,12-13,15,19H,5,8,11,14H2,1-3H3,(H,25,29)(H,26,28)/t19-/m0/s1. The molecule has 29 heavy (non-hydrogen) atoms. The van der Waals surface area contributed by atoms with Crippen molar-refractivity contribution in [2.24, 2.45) is 0 Å². The van der Waals surface area contributed by atoms with Crippen LogP contribution in [-0.2, 0) is 0 Å². The van der Waals surface area contributed by atoms with E-state index < -0.39 is 0 Å². The molecular formula is C23H28FN3O2. The van der Waals surface area contributed by atoms with Crippen LogP contribution in [0.3, 0.4) is 0 Å². The number of urea groups is 1. The fourth-order valence-electron chi connectivity index (χ4n) is 3.63. The van der Waals surface area contributed by atoms with Crippen molar-refractivity contribution in [1.82, 2.24) is 10.2 Å². The number of aryl methyl sites for hydroxylation is 1. The summed E-state index contributed by atoms with van der Waals surface area (Å²) in [5, 5.41) is 5.74. The van der Waals surface area contributed by atoms with Gasteiger partial charge in [0.15, 0.2) is 0 Å². The Morgan fingerprint density at radius 1 is 1.17 bits per heavy atom. The average Bonchev–Trinajstić information content (AvgIpc) is 2.70. The van der Waals surface area contributed by atoms with E-state index in [4.69, 9.17) is 0 Å². The zero-order valence-corrected chi connectivity index (χ0v) is 17.2. The van der Waals surface area contributed by atoms with Gasteiger partial charge in [-0.3, -0.25) is 4.79 Å². The van der Waals surface area contributed by atoms with Gasteiger partial charge in [0.05, 0.1) is 0 Å². The molecule has 154 valence electrons. The van der Waals surface area contributed by atoms with E-state index in [2.05, 4.69) is 10.6 Å². The van der Waals surface area contributed by atoms with E-state index in [0.717, 1.165) is 30.5 Å². The van der Waals surface area contributed by atoms with Gasteiger partial charge in [-0.25, -0.2) is 9.18 Å². The van der Waals surface area contributed by atoms with E-state index in [1.165, 1.54) is 12.1 Å². The van der Waals surface area contributed by atoms with Crippen molar-refractivity contribution in [3.05, 3.63) is 65.0 Å². The lowest BCUT2D eigenvalue weighted by atomic mass is 9.89. The summed E-state index contributed by atoms with van der Waals surface area (Å²) in [5.74, 6) is -0.474. The van der Waals surface area contributed by atoms with E-state index in [9.17, 15) is 14.0 Å². The topological polar surface area (TPSA) is 61.4 Å². The van der Waals surface area contributed by atoms with E-state index in [1.54, 1.807) is 12.1 Å². The number of nitrogens with one attached hydrogen (secondary N) is 2. The number of halogens is 1. The third-order valence-corrected chi connectivity index (χ3v) is 5.19. The van der Waals surface area contributed by atoms with Crippen molar-refractivity contribution in [2.45, 2.75) is 45.6 Å². The summed E-state index contributed by atoms with van der Waals surface area (Å²) in [6.45, 7) is 7.09. The molecule has 0 spiro atoms. The largest absolute Gasteiger partial charge is 0.336 e. The van der Waals surface area contributed by atoms with Gasteiger partial charge in [-0.2, -0.15) is 0 Å². The molecule has 2 N–H and O–H groups in total. The number of carbonyl (C=O) groups excluding carboxylic acids is 2. The predicted molar refractivity (Wildman–Crippen MR) is 113 cm³/mol. The molecule has 1 aliphatic heterocycles. The lowest BCUT2D eigenvalue weighted by molar-refractivity contribution is 0.102. The molecule has 0 radical (unpaired) electrons. The van der Waals surface area contributed by atoms with E-state index in [1.807, 2.05) is 43.9 Å². The van der Waals surface area contributed by atoms with Crippen LogP contribution in [0.2, 0.25) is 0 Å². The highest BCUT2D eigenvalue weighted by atomic mass is 19.1. The molecule has 0 unspecified atom stereocenters. The third-order valence-electron chi connectivity index (χ3n) is 5.19. The quantitative estimate of drug-likeness (QED) is 0.787. The highest BCUT2D eigenvalue weighted by molar-refractivity contribution is 6.04. The molecule has 5 nitrogen and oxygen atoms in total. The fraction of sp³-hybridized carbons (Fsp3) is 0.391. The summed E-state index contributed by atoms with van der Waals surface area (Å²) in [6.07, 6.45) is 1.90. The number of likely N-dealkylation sites (tertiary alicyclic amines) is 1. The Kier molecular flexibility index (Phi) is 6.52. The highest BCUT2D eigenvalue weighted by Gasteiger charge is 2.25. The Labute approximate surface area is 171 Å². The van der Waals surface area contributed by atoms with Crippen molar-refractivity contribution < 1.29 is 14.0 Å². The number of carbonyl (C=O) groups is 2. The van der Waals surface area contributed by atoms with Gasteiger partial charge in [0.2, 0.25) is 0 Å². The normalized spacial score (nSPS) is 16.6. The highest BCUT2D eigenvalue weighted by Crippen LogP contribution is 2.28. The van der Waals surface area contributed by atoms with Crippen LogP contribution >= 0.6 is 0 Å². The van der Waals surface area contributed by atoms with Gasteiger partial charge < -0.3 is 15.5 Å². The molecule has 6 heteroatoms. The van der Waals surface area contributed by atoms with Crippen LogP contribution in [0.25, 0.3) is 0 Å². The van der Waals surface area contributed by atoms with Gasteiger partial charge in [0.1, 0.15) is 5.82 Å².